The van der Waals surface area contributed by atoms with Gasteiger partial charge in [0.1, 0.15) is 5.82 Å². The van der Waals surface area contributed by atoms with Crippen molar-refractivity contribution in [1.29, 1.82) is 0 Å². The summed E-state index contributed by atoms with van der Waals surface area (Å²) in [5, 5.41) is 7.61. The number of aromatic nitrogens is 2. The van der Waals surface area contributed by atoms with Crippen LogP contribution in [0.1, 0.15) is 36.1 Å². The molecule has 0 bridgehead atoms. The van der Waals surface area contributed by atoms with E-state index in [-0.39, 0.29) is 11.9 Å². The van der Waals surface area contributed by atoms with Crippen molar-refractivity contribution in [3.05, 3.63) is 53.1 Å². The van der Waals surface area contributed by atoms with Gasteiger partial charge in [0.15, 0.2) is 0 Å². The van der Waals surface area contributed by atoms with E-state index in [2.05, 4.69) is 23.4 Å². The van der Waals surface area contributed by atoms with E-state index in [0.717, 1.165) is 30.5 Å². The Balaban J connectivity index is 2.09. The molecule has 3 nitrogen and oxygen atoms in total. The maximum absolute atomic E-state index is 13.6. The Morgan fingerprint density at radius 2 is 2.15 bits per heavy atom. The van der Waals surface area contributed by atoms with E-state index in [1.807, 2.05) is 31.0 Å². The van der Waals surface area contributed by atoms with Gasteiger partial charge in [-0.2, -0.15) is 5.10 Å². The van der Waals surface area contributed by atoms with Crippen LogP contribution in [0.5, 0.6) is 0 Å². The first kappa shape index (κ1) is 14.7. The first-order chi connectivity index (χ1) is 9.58. The van der Waals surface area contributed by atoms with E-state index in [9.17, 15) is 4.39 Å². The summed E-state index contributed by atoms with van der Waals surface area (Å²) in [4.78, 5) is 0. The lowest BCUT2D eigenvalue weighted by atomic mass is 9.98. The van der Waals surface area contributed by atoms with Gasteiger partial charge in [-0.15, -0.1) is 0 Å². The highest BCUT2D eigenvalue weighted by atomic mass is 19.1. The van der Waals surface area contributed by atoms with Crippen LogP contribution in [0.4, 0.5) is 4.39 Å². The zero-order valence-corrected chi connectivity index (χ0v) is 12.4. The van der Waals surface area contributed by atoms with Crippen LogP contribution in [-0.2, 0) is 13.5 Å². The van der Waals surface area contributed by atoms with Gasteiger partial charge in [0.2, 0.25) is 0 Å². The molecule has 0 amide bonds. The molecule has 1 N–H and O–H groups in total. The molecular formula is C16H22FN3. The summed E-state index contributed by atoms with van der Waals surface area (Å²) in [6.07, 6.45) is 5.78. The van der Waals surface area contributed by atoms with Gasteiger partial charge < -0.3 is 5.32 Å². The van der Waals surface area contributed by atoms with Crippen LogP contribution in [0.15, 0.2) is 30.6 Å². The second kappa shape index (κ2) is 6.66. The minimum atomic E-state index is -0.163. The minimum absolute atomic E-state index is 0.163. The molecule has 4 heteroatoms. The van der Waals surface area contributed by atoms with Crippen molar-refractivity contribution in [2.24, 2.45) is 7.05 Å². The quantitative estimate of drug-likeness (QED) is 0.877. The molecule has 1 aromatic carbocycles. The summed E-state index contributed by atoms with van der Waals surface area (Å²) < 4.78 is 15.4. The van der Waals surface area contributed by atoms with Crippen molar-refractivity contribution < 1.29 is 4.39 Å². The number of hydrogen-bond donors (Lipinski definition) is 1. The molecule has 1 heterocycles. The Labute approximate surface area is 119 Å². The number of nitrogens with one attached hydrogen (secondary N) is 1. The molecule has 0 aliphatic heterocycles. The molecule has 0 spiro atoms. The van der Waals surface area contributed by atoms with Crippen LogP contribution in [0.3, 0.4) is 0 Å². The molecule has 108 valence electrons. The Bertz CT molecular complexity index is 542. The lowest BCUT2D eigenvalue weighted by molar-refractivity contribution is 0.510. The smallest absolute Gasteiger partial charge is 0.123 e. The Hall–Kier alpha value is -1.68. The second-order valence-corrected chi connectivity index (χ2v) is 5.23. The molecular weight excluding hydrogens is 253 g/mol. The topological polar surface area (TPSA) is 29.9 Å². The molecule has 2 aromatic rings. The number of aryl methyl sites for hydroxylation is 3. The van der Waals surface area contributed by atoms with Gasteiger partial charge in [0.25, 0.3) is 0 Å². The SMILES string of the molecule is CCNC(CCc1cnn(C)c1)c1cc(C)cc(F)c1. The van der Waals surface area contributed by atoms with Crippen LogP contribution < -0.4 is 5.32 Å². The fourth-order valence-electron chi connectivity index (χ4n) is 2.51. The normalized spacial score (nSPS) is 12.6. The number of rotatable bonds is 6. The van der Waals surface area contributed by atoms with E-state index < -0.39 is 0 Å². The van der Waals surface area contributed by atoms with Crippen LogP contribution in [0.25, 0.3) is 0 Å². The van der Waals surface area contributed by atoms with Crippen molar-refractivity contribution in [3.63, 3.8) is 0 Å². The van der Waals surface area contributed by atoms with Gasteiger partial charge in [-0.25, -0.2) is 4.39 Å². The zero-order chi connectivity index (χ0) is 14.5. The van der Waals surface area contributed by atoms with Crippen LogP contribution in [0.2, 0.25) is 0 Å². The second-order valence-electron chi connectivity index (χ2n) is 5.23. The van der Waals surface area contributed by atoms with Crippen molar-refractivity contribution in [2.75, 3.05) is 6.54 Å². The van der Waals surface area contributed by atoms with Crippen LogP contribution in [0, 0.1) is 12.7 Å². The number of nitrogens with zero attached hydrogens (tertiary/aromatic N) is 2. The summed E-state index contributed by atoms with van der Waals surface area (Å²) in [7, 11) is 1.92. The molecule has 2 rings (SSSR count). The Morgan fingerprint density at radius 3 is 2.75 bits per heavy atom. The van der Waals surface area contributed by atoms with Gasteiger partial charge in [-0.1, -0.05) is 13.0 Å². The van der Waals surface area contributed by atoms with Gasteiger partial charge >= 0.3 is 0 Å². The molecule has 1 unspecified atom stereocenters. The molecule has 1 atom stereocenters. The predicted molar refractivity (Wildman–Crippen MR) is 79.1 cm³/mol. The van der Waals surface area contributed by atoms with Gasteiger partial charge in [0.05, 0.1) is 6.20 Å². The largest absolute Gasteiger partial charge is 0.310 e. The van der Waals surface area contributed by atoms with Gasteiger partial charge in [0, 0.05) is 19.3 Å². The molecule has 0 saturated carbocycles. The van der Waals surface area contributed by atoms with E-state index >= 15 is 0 Å². The van der Waals surface area contributed by atoms with Gasteiger partial charge in [-0.3, -0.25) is 4.68 Å². The molecule has 0 saturated heterocycles. The maximum Gasteiger partial charge on any atom is 0.123 e. The van der Waals surface area contributed by atoms with E-state index in [0.29, 0.717) is 0 Å². The Kier molecular flexibility index (Phi) is 4.90. The summed E-state index contributed by atoms with van der Waals surface area (Å²) in [6, 6.07) is 5.42. The highest BCUT2D eigenvalue weighted by Gasteiger charge is 2.12. The summed E-state index contributed by atoms with van der Waals surface area (Å²) in [5.74, 6) is -0.163. The zero-order valence-electron chi connectivity index (χ0n) is 12.4. The van der Waals surface area contributed by atoms with E-state index in [1.54, 1.807) is 12.1 Å². The third kappa shape index (κ3) is 3.90. The molecule has 0 radical (unpaired) electrons. The highest BCUT2D eigenvalue weighted by molar-refractivity contribution is 5.26. The van der Waals surface area contributed by atoms with Crippen LogP contribution in [-0.4, -0.2) is 16.3 Å². The lowest BCUT2D eigenvalue weighted by Gasteiger charge is -2.18. The molecule has 0 aliphatic carbocycles. The summed E-state index contributed by atoms with van der Waals surface area (Å²) in [5.41, 5.74) is 3.20. The summed E-state index contributed by atoms with van der Waals surface area (Å²) in [6.45, 7) is 4.87. The highest BCUT2D eigenvalue weighted by Crippen LogP contribution is 2.21. The first-order valence-electron chi connectivity index (χ1n) is 7.06. The Morgan fingerprint density at radius 1 is 1.35 bits per heavy atom. The minimum Gasteiger partial charge on any atom is -0.310 e. The fourth-order valence-corrected chi connectivity index (χ4v) is 2.51. The number of halogens is 1. The van der Waals surface area contributed by atoms with E-state index in [4.69, 9.17) is 0 Å². The predicted octanol–water partition coefficient (Wildman–Crippen LogP) is 3.15. The van der Waals surface area contributed by atoms with Crippen LogP contribution >= 0.6 is 0 Å². The van der Waals surface area contributed by atoms with Crippen molar-refractivity contribution in [2.45, 2.75) is 32.7 Å². The van der Waals surface area contributed by atoms with Gasteiger partial charge in [-0.05, 0) is 55.1 Å². The maximum atomic E-state index is 13.6. The monoisotopic (exact) mass is 275 g/mol. The molecule has 1 aromatic heterocycles. The standard InChI is InChI=1S/C16H22FN3/c1-4-18-16(6-5-13-10-19-20(3)11-13)14-7-12(2)8-15(17)9-14/h7-11,16,18H,4-6H2,1-3H3. The average Bonchev–Trinajstić information content (AvgIpc) is 2.79. The molecule has 0 aliphatic rings. The van der Waals surface area contributed by atoms with Crippen molar-refractivity contribution >= 4 is 0 Å². The third-order valence-corrected chi connectivity index (χ3v) is 3.40. The molecule has 0 fully saturated rings. The van der Waals surface area contributed by atoms with E-state index in [1.165, 1.54) is 5.56 Å². The molecule has 20 heavy (non-hydrogen) atoms. The number of hydrogen-bond acceptors (Lipinski definition) is 2. The third-order valence-electron chi connectivity index (χ3n) is 3.40. The number of benzene rings is 1. The van der Waals surface area contributed by atoms with Crippen molar-refractivity contribution in [1.82, 2.24) is 15.1 Å². The average molecular weight is 275 g/mol. The first-order valence-corrected chi connectivity index (χ1v) is 7.06. The summed E-state index contributed by atoms with van der Waals surface area (Å²) >= 11 is 0. The fraction of sp³-hybridized carbons (Fsp3) is 0.438. The van der Waals surface area contributed by atoms with Crippen molar-refractivity contribution in [3.8, 4) is 0 Å². The lowest BCUT2D eigenvalue weighted by Crippen LogP contribution is -2.21.